The second kappa shape index (κ2) is 6.03. The fraction of sp³-hybridized carbons (Fsp3) is 0.375. The molecule has 0 radical (unpaired) electrons. The van der Waals surface area contributed by atoms with Gasteiger partial charge in [0.2, 0.25) is 0 Å². The van der Waals surface area contributed by atoms with Gasteiger partial charge in [-0.3, -0.25) is 18.7 Å². The standard InChI is InChI=1S/C16H17ClN4O4/c1-7-18-11-9(15(22)20(7)2)14(25-5)12-10(13(11)24-4)16(23)21(3)8(6-17)19-12/h6H2,1-5H3. The lowest BCUT2D eigenvalue weighted by Crippen LogP contribution is -2.25. The molecule has 0 saturated heterocycles. The highest BCUT2D eigenvalue weighted by atomic mass is 35.5. The lowest BCUT2D eigenvalue weighted by molar-refractivity contribution is 0.414. The Balaban J connectivity index is 2.77. The van der Waals surface area contributed by atoms with Crippen LogP contribution in [0.3, 0.4) is 0 Å². The van der Waals surface area contributed by atoms with Crippen LogP contribution in [0.1, 0.15) is 11.6 Å². The van der Waals surface area contributed by atoms with Gasteiger partial charge in [0.15, 0.2) is 11.5 Å². The molecule has 0 atom stereocenters. The summed E-state index contributed by atoms with van der Waals surface area (Å²) in [4.78, 5) is 34.5. The summed E-state index contributed by atoms with van der Waals surface area (Å²) in [6, 6.07) is 0. The molecule has 1 aromatic carbocycles. The average molecular weight is 365 g/mol. The number of rotatable bonds is 3. The van der Waals surface area contributed by atoms with Gasteiger partial charge in [0, 0.05) is 14.1 Å². The highest BCUT2D eigenvalue weighted by Crippen LogP contribution is 2.37. The van der Waals surface area contributed by atoms with Gasteiger partial charge in [0.1, 0.15) is 33.5 Å². The Hall–Kier alpha value is -2.61. The van der Waals surface area contributed by atoms with Crippen molar-refractivity contribution >= 4 is 33.4 Å². The number of fused-ring (bicyclic) bond motifs is 2. The molecule has 0 amide bonds. The lowest BCUT2D eigenvalue weighted by Gasteiger charge is -2.16. The first kappa shape index (κ1) is 17.2. The van der Waals surface area contributed by atoms with Crippen molar-refractivity contribution in [3.63, 3.8) is 0 Å². The summed E-state index contributed by atoms with van der Waals surface area (Å²) < 4.78 is 13.6. The van der Waals surface area contributed by atoms with Gasteiger partial charge in [-0.05, 0) is 6.92 Å². The highest BCUT2D eigenvalue weighted by Gasteiger charge is 2.25. The smallest absolute Gasteiger partial charge is 0.265 e. The van der Waals surface area contributed by atoms with Crippen molar-refractivity contribution in [1.82, 2.24) is 19.1 Å². The molecule has 9 heteroatoms. The minimum atomic E-state index is -0.349. The summed E-state index contributed by atoms with van der Waals surface area (Å²) in [7, 11) is 6.02. The molecule has 132 valence electrons. The molecule has 0 saturated carbocycles. The van der Waals surface area contributed by atoms with E-state index in [4.69, 9.17) is 21.1 Å². The molecule has 0 bridgehead atoms. The molecular weight excluding hydrogens is 348 g/mol. The van der Waals surface area contributed by atoms with E-state index in [0.29, 0.717) is 11.6 Å². The van der Waals surface area contributed by atoms with Gasteiger partial charge in [0.05, 0.1) is 20.1 Å². The van der Waals surface area contributed by atoms with E-state index in [-0.39, 0.29) is 50.3 Å². The minimum Gasteiger partial charge on any atom is -0.494 e. The van der Waals surface area contributed by atoms with Crippen molar-refractivity contribution in [3.05, 3.63) is 32.4 Å². The summed E-state index contributed by atoms with van der Waals surface area (Å²) in [6.07, 6.45) is 0. The maximum atomic E-state index is 12.9. The van der Waals surface area contributed by atoms with Crippen molar-refractivity contribution in [1.29, 1.82) is 0 Å². The molecule has 0 aliphatic rings. The van der Waals surface area contributed by atoms with Gasteiger partial charge in [-0.15, -0.1) is 11.6 Å². The fourth-order valence-electron chi connectivity index (χ4n) is 2.85. The molecule has 0 spiro atoms. The van der Waals surface area contributed by atoms with Gasteiger partial charge in [-0.1, -0.05) is 0 Å². The van der Waals surface area contributed by atoms with Crippen molar-refractivity contribution in [2.75, 3.05) is 14.2 Å². The number of hydrogen-bond acceptors (Lipinski definition) is 6. The second-order valence-corrected chi connectivity index (χ2v) is 5.83. The van der Waals surface area contributed by atoms with Crippen LogP contribution in [0.25, 0.3) is 21.8 Å². The first-order valence-corrected chi connectivity index (χ1v) is 7.97. The minimum absolute atomic E-state index is 0.0370. The van der Waals surface area contributed by atoms with Gasteiger partial charge >= 0.3 is 0 Å². The molecule has 0 fully saturated rings. The number of nitrogens with zero attached hydrogens (tertiary/aromatic N) is 4. The van der Waals surface area contributed by atoms with Crippen LogP contribution in [0.4, 0.5) is 0 Å². The third-order valence-corrected chi connectivity index (χ3v) is 4.55. The molecule has 0 unspecified atom stereocenters. The summed E-state index contributed by atoms with van der Waals surface area (Å²) >= 11 is 5.90. The zero-order valence-corrected chi connectivity index (χ0v) is 15.3. The Morgan fingerprint density at radius 3 is 1.88 bits per heavy atom. The van der Waals surface area contributed by atoms with Crippen LogP contribution in [0.5, 0.6) is 11.5 Å². The molecule has 0 aliphatic heterocycles. The van der Waals surface area contributed by atoms with Crippen molar-refractivity contribution in [3.8, 4) is 11.5 Å². The number of alkyl halides is 1. The SMILES string of the molecule is COc1c2nc(CCl)n(C)c(=O)c2c(OC)c2nc(C)n(C)c(=O)c12. The van der Waals surface area contributed by atoms with Crippen molar-refractivity contribution in [2.45, 2.75) is 12.8 Å². The Morgan fingerprint density at radius 1 is 0.920 bits per heavy atom. The molecule has 3 aromatic rings. The monoisotopic (exact) mass is 364 g/mol. The van der Waals surface area contributed by atoms with Gasteiger partial charge in [0.25, 0.3) is 11.1 Å². The van der Waals surface area contributed by atoms with Gasteiger partial charge in [-0.2, -0.15) is 0 Å². The lowest BCUT2D eigenvalue weighted by atomic mass is 10.1. The van der Waals surface area contributed by atoms with E-state index in [0.717, 1.165) is 0 Å². The topological polar surface area (TPSA) is 88.2 Å². The second-order valence-electron chi connectivity index (χ2n) is 5.56. The molecule has 3 rings (SSSR count). The largest absolute Gasteiger partial charge is 0.494 e. The molecule has 2 heterocycles. The number of halogens is 1. The van der Waals surface area contributed by atoms with E-state index in [2.05, 4.69) is 9.97 Å². The molecule has 25 heavy (non-hydrogen) atoms. The molecular formula is C16H17ClN4O4. The van der Waals surface area contributed by atoms with Crippen LogP contribution in [0.2, 0.25) is 0 Å². The third-order valence-electron chi connectivity index (χ3n) is 4.31. The van der Waals surface area contributed by atoms with E-state index >= 15 is 0 Å². The summed E-state index contributed by atoms with van der Waals surface area (Å²) in [5.74, 6) is 1.26. The van der Waals surface area contributed by atoms with Crippen LogP contribution < -0.4 is 20.6 Å². The number of hydrogen-bond donors (Lipinski definition) is 0. The quantitative estimate of drug-likeness (QED) is 0.513. The van der Waals surface area contributed by atoms with E-state index in [1.165, 1.54) is 23.4 Å². The Morgan fingerprint density at radius 2 is 1.40 bits per heavy atom. The summed E-state index contributed by atoms with van der Waals surface area (Å²) in [5.41, 5.74) is -0.161. The molecule has 8 nitrogen and oxygen atoms in total. The molecule has 2 aromatic heterocycles. The number of methoxy groups -OCH3 is 2. The molecule has 0 N–H and O–H groups in total. The zero-order chi connectivity index (χ0) is 18.5. The zero-order valence-electron chi connectivity index (χ0n) is 14.5. The van der Waals surface area contributed by atoms with E-state index in [1.807, 2.05) is 0 Å². The highest BCUT2D eigenvalue weighted by molar-refractivity contribution is 6.17. The Bertz CT molecular complexity index is 1130. The van der Waals surface area contributed by atoms with Crippen LogP contribution in [0, 0.1) is 6.92 Å². The van der Waals surface area contributed by atoms with E-state index in [9.17, 15) is 9.59 Å². The predicted molar refractivity (Wildman–Crippen MR) is 94.9 cm³/mol. The fourth-order valence-corrected chi connectivity index (χ4v) is 3.09. The normalized spacial score (nSPS) is 11.3. The van der Waals surface area contributed by atoms with Crippen LogP contribution >= 0.6 is 11.6 Å². The number of ether oxygens (including phenoxy) is 2. The third kappa shape index (κ3) is 2.28. The Labute approximate surface area is 147 Å². The van der Waals surface area contributed by atoms with Gasteiger partial charge in [-0.25, -0.2) is 9.97 Å². The van der Waals surface area contributed by atoms with Crippen molar-refractivity contribution in [2.24, 2.45) is 14.1 Å². The Kier molecular flexibility index (Phi) is 4.16. The van der Waals surface area contributed by atoms with E-state index in [1.54, 1.807) is 21.0 Å². The number of aryl methyl sites for hydroxylation is 1. The first-order valence-electron chi connectivity index (χ1n) is 7.44. The predicted octanol–water partition coefficient (Wildman–Crippen LogP) is 1.24. The average Bonchev–Trinajstić information content (AvgIpc) is 2.61. The van der Waals surface area contributed by atoms with E-state index < -0.39 is 0 Å². The van der Waals surface area contributed by atoms with Crippen LogP contribution in [0.15, 0.2) is 9.59 Å². The molecule has 0 aliphatic carbocycles. The maximum Gasteiger partial charge on any atom is 0.265 e. The summed E-state index contributed by atoms with van der Waals surface area (Å²) in [5, 5.41) is 0.407. The first-order chi connectivity index (χ1) is 11.9. The number of aromatic nitrogens is 4. The van der Waals surface area contributed by atoms with Gasteiger partial charge < -0.3 is 9.47 Å². The summed E-state index contributed by atoms with van der Waals surface area (Å²) in [6.45, 7) is 1.70. The maximum absolute atomic E-state index is 12.9. The van der Waals surface area contributed by atoms with Crippen molar-refractivity contribution < 1.29 is 9.47 Å². The van der Waals surface area contributed by atoms with Crippen LogP contribution in [-0.2, 0) is 20.0 Å². The number of benzene rings is 1. The van der Waals surface area contributed by atoms with Crippen LogP contribution in [-0.4, -0.2) is 33.3 Å².